The van der Waals surface area contributed by atoms with Crippen LogP contribution in [-0.4, -0.2) is 19.1 Å². The number of methoxy groups -OCH3 is 1. The lowest BCUT2D eigenvalue weighted by Crippen LogP contribution is -2.51. The Morgan fingerprint density at radius 2 is 1.89 bits per heavy atom. The molecule has 0 fully saturated rings. The van der Waals surface area contributed by atoms with Gasteiger partial charge in [-0.3, -0.25) is 5.32 Å². The Bertz CT molecular complexity index is 489. The van der Waals surface area contributed by atoms with Crippen LogP contribution in [-0.2, 0) is 15.1 Å². The SMILES string of the molecule is COC(=O)C(C)(NC(C)C)c1cc(F)c(C)cc1F. The van der Waals surface area contributed by atoms with Gasteiger partial charge in [0.25, 0.3) is 0 Å². The molecule has 0 spiro atoms. The fourth-order valence-electron chi connectivity index (χ4n) is 2.06. The first-order chi connectivity index (χ1) is 8.72. The minimum absolute atomic E-state index is 0.0591. The zero-order valence-electron chi connectivity index (χ0n) is 11.8. The first-order valence-corrected chi connectivity index (χ1v) is 6.04. The number of hydrogen-bond acceptors (Lipinski definition) is 3. The van der Waals surface area contributed by atoms with Gasteiger partial charge in [-0.05, 0) is 45.4 Å². The molecule has 0 aliphatic carbocycles. The van der Waals surface area contributed by atoms with Crippen molar-refractivity contribution >= 4 is 5.97 Å². The number of nitrogens with one attached hydrogen (secondary N) is 1. The van der Waals surface area contributed by atoms with Gasteiger partial charge < -0.3 is 4.74 Å². The molecule has 19 heavy (non-hydrogen) atoms. The topological polar surface area (TPSA) is 38.3 Å². The van der Waals surface area contributed by atoms with Gasteiger partial charge in [-0.2, -0.15) is 0 Å². The van der Waals surface area contributed by atoms with Crippen molar-refractivity contribution in [3.63, 3.8) is 0 Å². The standard InChI is InChI=1S/C14H19F2NO2/c1-8(2)17-14(4,13(18)19-5)10-7-11(15)9(3)6-12(10)16/h6-8,17H,1-5H3. The lowest BCUT2D eigenvalue weighted by molar-refractivity contribution is -0.148. The second-order valence-electron chi connectivity index (χ2n) is 5.00. The van der Waals surface area contributed by atoms with Gasteiger partial charge in [0, 0.05) is 11.6 Å². The van der Waals surface area contributed by atoms with Crippen LogP contribution in [0.4, 0.5) is 8.78 Å². The number of carbonyl (C=O) groups excluding carboxylic acids is 1. The maximum Gasteiger partial charge on any atom is 0.330 e. The first kappa shape index (κ1) is 15.6. The molecule has 1 unspecified atom stereocenters. The lowest BCUT2D eigenvalue weighted by Gasteiger charge is -2.31. The van der Waals surface area contributed by atoms with Crippen molar-refractivity contribution in [2.75, 3.05) is 7.11 Å². The quantitative estimate of drug-likeness (QED) is 0.856. The number of halogens is 2. The van der Waals surface area contributed by atoms with Crippen LogP contribution < -0.4 is 5.32 Å². The van der Waals surface area contributed by atoms with Crippen molar-refractivity contribution in [1.82, 2.24) is 5.32 Å². The van der Waals surface area contributed by atoms with E-state index in [1.54, 1.807) is 0 Å². The van der Waals surface area contributed by atoms with Crippen molar-refractivity contribution in [2.45, 2.75) is 39.3 Å². The molecule has 5 heteroatoms. The van der Waals surface area contributed by atoms with Crippen LogP contribution in [0.2, 0.25) is 0 Å². The van der Waals surface area contributed by atoms with Crippen LogP contribution in [0.3, 0.4) is 0 Å². The van der Waals surface area contributed by atoms with E-state index in [1.165, 1.54) is 21.0 Å². The normalized spacial score (nSPS) is 14.3. The number of carbonyl (C=O) groups is 1. The molecular formula is C14H19F2NO2. The van der Waals surface area contributed by atoms with Crippen LogP contribution >= 0.6 is 0 Å². The van der Waals surface area contributed by atoms with E-state index in [4.69, 9.17) is 4.74 Å². The summed E-state index contributed by atoms with van der Waals surface area (Å²) in [6, 6.07) is 2.01. The largest absolute Gasteiger partial charge is 0.467 e. The van der Waals surface area contributed by atoms with E-state index in [-0.39, 0.29) is 17.2 Å². The Labute approximate surface area is 112 Å². The fourth-order valence-corrected chi connectivity index (χ4v) is 2.06. The summed E-state index contributed by atoms with van der Waals surface area (Å²) >= 11 is 0. The molecule has 0 heterocycles. The average Bonchev–Trinajstić information content (AvgIpc) is 2.31. The summed E-state index contributed by atoms with van der Waals surface area (Å²) in [6.45, 7) is 6.56. The van der Waals surface area contributed by atoms with E-state index in [0.29, 0.717) is 0 Å². The van der Waals surface area contributed by atoms with Crippen molar-refractivity contribution in [3.8, 4) is 0 Å². The Kier molecular flexibility index (Phi) is 4.63. The Morgan fingerprint density at radius 3 is 2.37 bits per heavy atom. The van der Waals surface area contributed by atoms with E-state index in [9.17, 15) is 13.6 Å². The molecule has 0 aromatic heterocycles. The third kappa shape index (κ3) is 3.10. The van der Waals surface area contributed by atoms with E-state index < -0.39 is 23.1 Å². The highest BCUT2D eigenvalue weighted by atomic mass is 19.1. The van der Waals surface area contributed by atoms with Crippen molar-refractivity contribution in [2.24, 2.45) is 0 Å². The van der Waals surface area contributed by atoms with Gasteiger partial charge in [0.05, 0.1) is 7.11 Å². The van der Waals surface area contributed by atoms with Crippen molar-refractivity contribution in [3.05, 3.63) is 34.9 Å². The number of rotatable bonds is 4. The summed E-state index contributed by atoms with van der Waals surface area (Å²) in [5.74, 6) is -1.86. The summed E-state index contributed by atoms with van der Waals surface area (Å²) < 4.78 is 32.4. The van der Waals surface area contributed by atoms with Crippen LogP contribution in [0.25, 0.3) is 0 Å². The molecule has 1 aromatic carbocycles. The van der Waals surface area contributed by atoms with Crippen LogP contribution in [0, 0.1) is 18.6 Å². The number of hydrogen-bond donors (Lipinski definition) is 1. The third-order valence-corrected chi connectivity index (χ3v) is 2.96. The smallest absolute Gasteiger partial charge is 0.330 e. The Morgan fingerprint density at radius 1 is 1.32 bits per heavy atom. The predicted octanol–water partition coefficient (Wildman–Crippen LogP) is 2.66. The van der Waals surface area contributed by atoms with Gasteiger partial charge in [-0.1, -0.05) is 0 Å². The van der Waals surface area contributed by atoms with Gasteiger partial charge in [0.1, 0.15) is 17.2 Å². The molecule has 1 rings (SSSR count). The van der Waals surface area contributed by atoms with Gasteiger partial charge >= 0.3 is 5.97 Å². The van der Waals surface area contributed by atoms with Crippen LogP contribution in [0.5, 0.6) is 0 Å². The molecule has 3 nitrogen and oxygen atoms in total. The molecule has 0 aliphatic rings. The first-order valence-electron chi connectivity index (χ1n) is 6.04. The fraction of sp³-hybridized carbons (Fsp3) is 0.500. The van der Waals surface area contributed by atoms with E-state index in [1.807, 2.05) is 13.8 Å². The molecule has 0 amide bonds. The number of ether oxygens (including phenoxy) is 1. The summed E-state index contributed by atoms with van der Waals surface area (Å²) in [7, 11) is 1.21. The van der Waals surface area contributed by atoms with Crippen LogP contribution in [0.15, 0.2) is 12.1 Å². The summed E-state index contributed by atoms with van der Waals surface area (Å²) in [4.78, 5) is 11.9. The monoisotopic (exact) mass is 271 g/mol. The number of aryl methyl sites for hydroxylation is 1. The van der Waals surface area contributed by atoms with Crippen molar-refractivity contribution in [1.29, 1.82) is 0 Å². The molecule has 0 radical (unpaired) electrons. The highest BCUT2D eigenvalue weighted by Gasteiger charge is 2.39. The highest BCUT2D eigenvalue weighted by Crippen LogP contribution is 2.28. The number of esters is 1. The van der Waals surface area contributed by atoms with Gasteiger partial charge in [-0.25, -0.2) is 13.6 Å². The summed E-state index contributed by atoms with van der Waals surface area (Å²) in [5.41, 5.74) is -1.30. The second-order valence-corrected chi connectivity index (χ2v) is 5.00. The lowest BCUT2D eigenvalue weighted by atomic mass is 9.89. The van der Waals surface area contributed by atoms with Gasteiger partial charge in [-0.15, -0.1) is 0 Å². The average molecular weight is 271 g/mol. The molecule has 1 atom stereocenters. The maximum atomic E-state index is 14.1. The van der Waals surface area contributed by atoms with E-state index >= 15 is 0 Å². The van der Waals surface area contributed by atoms with E-state index in [2.05, 4.69) is 5.32 Å². The molecule has 0 saturated carbocycles. The van der Waals surface area contributed by atoms with Crippen LogP contribution in [0.1, 0.15) is 31.9 Å². The molecule has 0 bridgehead atoms. The van der Waals surface area contributed by atoms with Crippen molar-refractivity contribution < 1.29 is 18.3 Å². The molecule has 1 aromatic rings. The predicted molar refractivity (Wildman–Crippen MR) is 68.7 cm³/mol. The Balaban J connectivity index is 3.41. The highest BCUT2D eigenvalue weighted by molar-refractivity contribution is 5.82. The minimum atomic E-state index is -1.43. The molecule has 1 N–H and O–H groups in total. The molecule has 106 valence electrons. The zero-order chi connectivity index (χ0) is 14.8. The zero-order valence-corrected chi connectivity index (χ0v) is 11.8. The third-order valence-electron chi connectivity index (χ3n) is 2.96. The summed E-state index contributed by atoms with van der Waals surface area (Å²) in [6.07, 6.45) is 0. The Hall–Kier alpha value is -1.49. The molecular weight excluding hydrogens is 252 g/mol. The summed E-state index contributed by atoms with van der Waals surface area (Å²) in [5, 5.41) is 2.93. The van der Waals surface area contributed by atoms with Gasteiger partial charge in [0.2, 0.25) is 0 Å². The minimum Gasteiger partial charge on any atom is -0.467 e. The molecule has 0 saturated heterocycles. The maximum absolute atomic E-state index is 14.1. The number of benzene rings is 1. The van der Waals surface area contributed by atoms with E-state index in [0.717, 1.165) is 12.1 Å². The second kappa shape index (κ2) is 5.65. The van der Waals surface area contributed by atoms with Gasteiger partial charge in [0.15, 0.2) is 0 Å². The molecule has 0 aliphatic heterocycles.